The molecule has 2 rings (SSSR count). The fraction of sp³-hybridized carbons (Fsp3) is 0.176. The van der Waals surface area contributed by atoms with Crippen molar-refractivity contribution in [2.75, 3.05) is 25.6 Å². The van der Waals surface area contributed by atoms with Gasteiger partial charge >= 0.3 is 0 Å². The lowest BCUT2D eigenvalue weighted by Gasteiger charge is -2.09. The first-order valence-corrected chi connectivity index (χ1v) is 7.91. The molecule has 0 aliphatic carbocycles. The van der Waals surface area contributed by atoms with Crippen molar-refractivity contribution in [1.29, 1.82) is 0 Å². The molecule has 0 unspecified atom stereocenters. The number of nitrogens with one attached hydrogen (secondary N) is 2. The van der Waals surface area contributed by atoms with Crippen LogP contribution in [0.5, 0.6) is 0 Å². The molecule has 0 aromatic heterocycles. The van der Waals surface area contributed by atoms with E-state index >= 15 is 0 Å². The molecule has 5 nitrogen and oxygen atoms in total. The van der Waals surface area contributed by atoms with E-state index in [4.69, 9.17) is 27.9 Å². The highest BCUT2D eigenvalue weighted by molar-refractivity contribution is 6.44. The maximum atomic E-state index is 12.3. The van der Waals surface area contributed by atoms with Crippen molar-refractivity contribution in [3.05, 3.63) is 63.6 Å². The number of amides is 2. The number of hydrogen-bond donors (Lipinski definition) is 2. The Hall–Kier alpha value is -2.08. The molecule has 0 spiro atoms. The summed E-state index contributed by atoms with van der Waals surface area (Å²) in [5, 5.41) is 5.99. The molecule has 0 saturated carbocycles. The van der Waals surface area contributed by atoms with Crippen molar-refractivity contribution in [3.8, 4) is 0 Å². The predicted octanol–water partition coefficient (Wildman–Crippen LogP) is 3.62. The van der Waals surface area contributed by atoms with Crippen LogP contribution in [0.2, 0.25) is 10.0 Å². The number of methoxy groups -OCH3 is 1. The number of ether oxygens (including phenoxy) is 1. The first kappa shape index (κ1) is 18.3. The smallest absolute Gasteiger partial charge is 0.255 e. The first-order valence-electron chi connectivity index (χ1n) is 7.15. The van der Waals surface area contributed by atoms with E-state index in [2.05, 4.69) is 10.6 Å². The number of carbonyl (C=O) groups is 2. The van der Waals surface area contributed by atoms with Crippen LogP contribution < -0.4 is 10.6 Å². The Morgan fingerprint density at radius 2 is 1.71 bits per heavy atom. The molecule has 0 heterocycles. The standard InChI is InChI=1S/C17H16Cl2N2O3/c1-24-9-8-20-16(22)11-4-2-5-12(10-11)17(23)21-14-7-3-6-13(18)15(14)19/h2-7,10H,8-9H2,1H3,(H,20,22)(H,21,23). The SMILES string of the molecule is COCCNC(=O)c1cccc(C(=O)Nc2cccc(Cl)c2Cl)c1. The average molecular weight is 367 g/mol. The van der Waals surface area contributed by atoms with Crippen LogP contribution in [0, 0.1) is 0 Å². The van der Waals surface area contributed by atoms with Gasteiger partial charge in [-0.05, 0) is 30.3 Å². The Bertz CT molecular complexity index is 750. The van der Waals surface area contributed by atoms with Gasteiger partial charge in [0.25, 0.3) is 11.8 Å². The Morgan fingerprint density at radius 1 is 1.04 bits per heavy atom. The Morgan fingerprint density at radius 3 is 2.42 bits per heavy atom. The highest BCUT2D eigenvalue weighted by atomic mass is 35.5. The maximum Gasteiger partial charge on any atom is 0.255 e. The minimum atomic E-state index is -0.384. The molecule has 0 radical (unpaired) electrons. The van der Waals surface area contributed by atoms with Gasteiger partial charge in [-0.15, -0.1) is 0 Å². The van der Waals surface area contributed by atoms with Crippen molar-refractivity contribution >= 4 is 40.7 Å². The quantitative estimate of drug-likeness (QED) is 0.767. The summed E-state index contributed by atoms with van der Waals surface area (Å²) in [4.78, 5) is 24.4. The largest absolute Gasteiger partial charge is 0.383 e. The molecule has 2 aromatic rings. The van der Waals surface area contributed by atoms with Crippen molar-refractivity contribution in [2.24, 2.45) is 0 Å². The van der Waals surface area contributed by atoms with E-state index in [0.29, 0.717) is 35.0 Å². The maximum absolute atomic E-state index is 12.3. The van der Waals surface area contributed by atoms with Crippen LogP contribution in [0.15, 0.2) is 42.5 Å². The molecule has 0 saturated heterocycles. The van der Waals surface area contributed by atoms with Crippen molar-refractivity contribution in [2.45, 2.75) is 0 Å². The van der Waals surface area contributed by atoms with Crippen LogP contribution >= 0.6 is 23.2 Å². The molecule has 0 aliphatic rings. The van der Waals surface area contributed by atoms with Gasteiger partial charge in [0, 0.05) is 24.8 Å². The summed E-state index contributed by atoms with van der Waals surface area (Å²) in [5.41, 5.74) is 1.13. The average Bonchev–Trinajstić information content (AvgIpc) is 2.59. The summed E-state index contributed by atoms with van der Waals surface area (Å²) in [7, 11) is 1.55. The lowest BCUT2D eigenvalue weighted by molar-refractivity contribution is 0.0937. The molecule has 0 bridgehead atoms. The molecular weight excluding hydrogens is 351 g/mol. The topological polar surface area (TPSA) is 67.4 Å². The van der Waals surface area contributed by atoms with E-state index < -0.39 is 0 Å². The van der Waals surface area contributed by atoms with E-state index in [-0.39, 0.29) is 16.8 Å². The summed E-state index contributed by atoms with van der Waals surface area (Å²) >= 11 is 12.0. The van der Waals surface area contributed by atoms with Crippen LogP contribution in [0.4, 0.5) is 5.69 Å². The van der Waals surface area contributed by atoms with Crippen LogP contribution in [0.25, 0.3) is 0 Å². The third kappa shape index (κ3) is 4.71. The summed E-state index contributed by atoms with van der Waals surface area (Å²) < 4.78 is 4.88. The minimum Gasteiger partial charge on any atom is -0.383 e. The summed E-state index contributed by atoms with van der Waals surface area (Å²) in [6, 6.07) is 11.3. The zero-order valence-corrected chi connectivity index (χ0v) is 14.4. The molecular formula is C17H16Cl2N2O3. The Kier molecular flexibility index (Phi) is 6.61. The monoisotopic (exact) mass is 366 g/mol. The molecule has 126 valence electrons. The molecule has 7 heteroatoms. The van der Waals surface area contributed by atoms with E-state index in [1.54, 1.807) is 43.5 Å². The van der Waals surface area contributed by atoms with Gasteiger partial charge < -0.3 is 15.4 Å². The van der Waals surface area contributed by atoms with Crippen LogP contribution in [-0.2, 0) is 4.74 Å². The number of carbonyl (C=O) groups excluding carboxylic acids is 2. The Balaban J connectivity index is 2.11. The van der Waals surface area contributed by atoms with Gasteiger partial charge in [-0.25, -0.2) is 0 Å². The first-order chi connectivity index (χ1) is 11.5. The van der Waals surface area contributed by atoms with E-state index in [0.717, 1.165) is 0 Å². The van der Waals surface area contributed by atoms with Gasteiger partial charge in [0.1, 0.15) is 0 Å². The number of rotatable bonds is 6. The third-order valence-electron chi connectivity index (χ3n) is 3.18. The summed E-state index contributed by atoms with van der Waals surface area (Å²) in [6.45, 7) is 0.809. The van der Waals surface area contributed by atoms with Crippen LogP contribution in [0.3, 0.4) is 0 Å². The van der Waals surface area contributed by atoms with Crippen molar-refractivity contribution in [3.63, 3.8) is 0 Å². The van der Waals surface area contributed by atoms with E-state index in [1.165, 1.54) is 6.07 Å². The summed E-state index contributed by atoms with van der Waals surface area (Å²) in [6.07, 6.45) is 0. The fourth-order valence-corrected chi connectivity index (χ4v) is 2.31. The third-order valence-corrected chi connectivity index (χ3v) is 4.00. The second-order valence-corrected chi connectivity index (χ2v) is 5.67. The lowest BCUT2D eigenvalue weighted by Crippen LogP contribution is -2.27. The Labute approximate surface area is 149 Å². The predicted molar refractivity (Wildman–Crippen MR) is 95.1 cm³/mol. The number of hydrogen-bond acceptors (Lipinski definition) is 3. The number of halogens is 2. The van der Waals surface area contributed by atoms with Gasteiger partial charge in [0.05, 0.1) is 22.3 Å². The molecule has 0 fully saturated rings. The zero-order valence-electron chi connectivity index (χ0n) is 12.9. The molecule has 0 aliphatic heterocycles. The molecule has 0 atom stereocenters. The second kappa shape index (κ2) is 8.68. The summed E-state index contributed by atoms with van der Waals surface area (Å²) in [5.74, 6) is -0.659. The van der Waals surface area contributed by atoms with Gasteiger partial charge in [-0.1, -0.05) is 35.3 Å². The van der Waals surface area contributed by atoms with Gasteiger partial charge in [0.2, 0.25) is 0 Å². The second-order valence-electron chi connectivity index (χ2n) is 4.89. The molecule has 24 heavy (non-hydrogen) atoms. The number of anilines is 1. The van der Waals surface area contributed by atoms with Crippen molar-refractivity contribution in [1.82, 2.24) is 5.32 Å². The van der Waals surface area contributed by atoms with Crippen LogP contribution in [0.1, 0.15) is 20.7 Å². The normalized spacial score (nSPS) is 10.3. The van der Waals surface area contributed by atoms with E-state index in [1.807, 2.05) is 0 Å². The molecule has 2 aromatic carbocycles. The van der Waals surface area contributed by atoms with Gasteiger partial charge in [-0.3, -0.25) is 9.59 Å². The van der Waals surface area contributed by atoms with Crippen molar-refractivity contribution < 1.29 is 14.3 Å². The lowest BCUT2D eigenvalue weighted by atomic mass is 10.1. The van der Waals surface area contributed by atoms with E-state index in [9.17, 15) is 9.59 Å². The number of benzene rings is 2. The van der Waals surface area contributed by atoms with Gasteiger partial charge in [0.15, 0.2) is 0 Å². The minimum absolute atomic E-state index is 0.265. The highest BCUT2D eigenvalue weighted by Crippen LogP contribution is 2.29. The highest BCUT2D eigenvalue weighted by Gasteiger charge is 2.12. The zero-order chi connectivity index (χ0) is 17.5. The van der Waals surface area contributed by atoms with Gasteiger partial charge in [-0.2, -0.15) is 0 Å². The molecule has 2 amide bonds. The van der Waals surface area contributed by atoms with Crippen LogP contribution in [-0.4, -0.2) is 32.1 Å². The molecule has 2 N–H and O–H groups in total. The fourth-order valence-electron chi connectivity index (χ4n) is 1.97.